The minimum Gasteiger partial charge on any atom is -0.302 e. The number of Topliss-reactive ketones (excluding diaryl/α,β-unsaturated/α-hetero) is 1. The van der Waals surface area contributed by atoms with Crippen LogP contribution in [0.1, 0.15) is 33.6 Å². The first kappa shape index (κ1) is 12.3. The summed E-state index contributed by atoms with van der Waals surface area (Å²) in [6, 6.07) is -0.0844. The largest absolute Gasteiger partial charge is 0.302 e. The molecule has 1 atom stereocenters. The molecule has 0 rings (SSSR count). The molecule has 0 aromatic rings. The van der Waals surface area contributed by atoms with Gasteiger partial charge in [-0.1, -0.05) is 13.8 Å². The second-order valence-corrected chi connectivity index (χ2v) is 3.17. The maximum atomic E-state index is 10.7. The van der Waals surface area contributed by atoms with E-state index in [-0.39, 0.29) is 11.8 Å². The van der Waals surface area contributed by atoms with Crippen LogP contribution in [-0.4, -0.2) is 36.1 Å². The van der Waals surface area contributed by atoms with Crippen LogP contribution in [0.25, 0.3) is 0 Å². The van der Waals surface area contributed by atoms with Crippen molar-refractivity contribution in [3.8, 4) is 0 Å². The number of nitrogens with zero attached hydrogens (tertiary/aromatic N) is 1. The first-order chi connectivity index (χ1) is 6.15. The molecule has 0 saturated heterocycles. The number of hydrogen-bond acceptors (Lipinski definition) is 3. The molecule has 0 bridgehead atoms. The Hall–Kier alpha value is -0.700. The summed E-state index contributed by atoms with van der Waals surface area (Å²) < 4.78 is 0. The fraction of sp³-hybridized carbons (Fsp3) is 0.800. The summed E-state index contributed by atoms with van der Waals surface area (Å²) in [7, 11) is 0. The fourth-order valence-electron chi connectivity index (χ4n) is 1.38. The van der Waals surface area contributed by atoms with Crippen molar-refractivity contribution in [2.75, 3.05) is 13.1 Å². The second kappa shape index (κ2) is 6.78. The van der Waals surface area contributed by atoms with Crippen molar-refractivity contribution in [3.63, 3.8) is 0 Å². The second-order valence-electron chi connectivity index (χ2n) is 3.17. The molecule has 3 heteroatoms. The number of rotatable bonds is 7. The summed E-state index contributed by atoms with van der Waals surface area (Å²) in [5.41, 5.74) is 0. The minimum absolute atomic E-state index is 0.0844. The van der Waals surface area contributed by atoms with Crippen molar-refractivity contribution in [2.24, 2.45) is 0 Å². The van der Waals surface area contributed by atoms with Crippen molar-refractivity contribution < 1.29 is 9.59 Å². The van der Waals surface area contributed by atoms with Gasteiger partial charge >= 0.3 is 0 Å². The molecule has 0 saturated carbocycles. The summed E-state index contributed by atoms with van der Waals surface area (Å²) in [5.74, 6) is 0.152. The van der Waals surface area contributed by atoms with Gasteiger partial charge in [-0.3, -0.25) is 4.90 Å². The van der Waals surface area contributed by atoms with Crippen molar-refractivity contribution >= 4 is 12.1 Å². The van der Waals surface area contributed by atoms with Gasteiger partial charge in [0.2, 0.25) is 0 Å². The highest BCUT2D eigenvalue weighted by molar-refractivity contribution is 5.76. The summed E-state index contributed by atoms with van der Waals surface area (Å²) in [6.45, 7) is 7.32. The number of aldehydes is 1. The van der Waals surface area contributed by atoms with Gasteiger partial charge in [-0.25, -0.2) is 0 Å². The van der Waals surface area contributed by atoms with Crippen LogP contribution in [0, 0.1) is 0 Å². The van der Waals surface area contributed by atoms with Gasteiger partial charge < -0.3 is 9.59 Å². The van der Waals surface area contributed by atoms with E-state index in [0.717, 1.165) is 19.4 Å². The van der Waals surface area contributed by atoms with Gasteiger partial charge in [0.05, 0.1) is 6.04 Å². The van der Waals surface area contributed by atoms with Crippen molar-refractivity contribution in [3.05, 3.63) is 0 Å². The maximum Gasteiger partial charge on any atom is 0.137 e. The van der Waals surface area contributed by atoms with Gasteiger partial charge in [0, 0.05) is 6.42 Å². The van der Waals surface area contributed by atoms with Crippen molar-refractivity contribution in [1.82, 2.24) is 4.90 Å². The Kier molecular flexibility index (Phi) is 6.41. The highest BCUT2D eigenvalue weighted by atomic mass is 16.1. The topological polar surface area (TPSA) is 37.4 Å². The average Bonchev–Trinajstić information content (AvgIpc) is 2.11. The van der Waals surface area contributed by atoms with Crippen LogP contribution in [0.3, 0.4) is 0 Å². The summed E-state index contributed by atoms with van der Waals surface area (Å²) >= 11 is 0. The molecule has 0 amide bonds. The maximum absolute atomic E-state index is 10.7. The molecule has 0 aliphatic carbocycles. The zero-order chi connectivity index (χ0) is 10.3. The molecule has 0 aliphatic heterocycles. The van der Waals surface area contributed by atoms with Gasteiger partial charge in [-0.2, -0.15) is 0 Å². The van der Waals surface area contributed by atoms with Crippen LogP contribution >= 0.6 is 0 Å². The lowest BCUT2D eigenvalue weighted by Crippen LogP contribution is -2.36. The molecule has 0 aromatic heterocycles. The SMILES string of the molecule is CCN(CC)C(C=O)CCC(C)=O. The number of likely N-dealkylation sites (N-methyl/N-ethyl adjacent to an activating group) is 1. The van der Waals surface area contributed by atoms with Crippen LogP contribution in [0.5, 0.6) is 0 Å². The highest BCUT2D eigenvalue weighted by Gasteiger charge is 2.14. The standard InChI is InChI=1S/C10H19NO2/c1-4-11(5-2)10(8-12)7-6-9(3)13/h8,10H,4-7H2,1-3H3. The third-order valence-electron chi connectivity index (χ3n) is 2.23. The highest BCUT2D eigenvalue weighted by Crippen LogP contribution is 2.04. The Morgan fingerprint density at radius 2 is 1.92 bits per heavy atom. The molecule has 0 radical (unpaired) electrons. The van der Waals surface area contributed by atoms with Gasteiger partial charge in [0.25, 0.3) is 0 Å². The number of ketones is 1. The first-order valence-electron chi connectivity index (χ1n) is 4.84. The monoisotopic (exact) mass is 185 g/mol. The molecule has 1 unspecified atom stereocenters. The average molecular weight is 185 g/mol. The fourth-order valence-corrected chi connectivity index (χ4v) is 1.38. The van der Waals surface area contributed by atoms with Gasteiger partial charge in [-0.15, -0.1) is 0 Å². The molecule has 3 nitrogen and oxygen atoms in total. The lowest BCUT2D eigenvalue weighted by molar-refractivity contribution is -0.117. The minimum atomic E-state index is -0.0844. The predicted molar refractivity (Wildman–Crippen MR) is 52.7 cm³/mol. The van der Waals surface area contributed by atoms with E-state index in [2.05, 4.69) is 4.90 Å². The lowest BCUT2D eigenvalue weighted by Gasteiger charge is -2.24. The van der Waals surface area contributed by atoms with E-state index in [1.165, 1.54) is 0 Å². The van der Waals surface area contributed by atoms with Crippen LogP contribution < -0.4 is 0 Å². The molecule has 76 valence electrons. The number of carbonyl (C=O) groups excluding carboxylic acids is 2. The molecule has 13 heavy (non-hydrogen) atoms. The molecule has 0 spiro atoms. The zero-order valence-electron chi connectivity index (χ0n) is 8.75. The predicted octanol–water partition coefficient (Wildman–Crippen LogP) is 1.26. The number of hydrogen-bond donors (Lipinski definition) is 0. The van der Waals surface area contributed by atoms with Crippen LogP contribution in [-0.2, 0) is 9.59 Å². The van der Waals surface area contributed by atoms with Gasteiger partial charge in [-0.05, 0) is 26.4 Å². The Morgan fingerprint density at radius 3 is 2.23 bits per heavy atom. The Labute approximate surface area is 80.1 Å². The summed E-state index contributed by atoms with van der Waals surface area (Å²) in [6.07, 6.45) is 2.09. The zero-order valence-corrected chi connectivity index (χ0v) is 8.75. The quantitative estimate of drug-likeness (QED) is 0.560. The molecule has 0 fully saturated rings. The Morgan fingerprint density at radius 1 is 1.38 bits per heavy atom. The molecule has 0 aliphatic rings. The Balaban J connectivity index is 3.99. The van der Waals surface area contributed by atoms with Crippen LogP contribution in [0.4, 0.5) is 0 Å². The van der Waals surface area contributed by atoms with E-state index in [1.807, 2.05) is 13.8 Å². The van der Waals surface area contributed by atoms with E-state index < -0.39 is 0 Å². The van der Waals surface area contributed by atoms with Crippen molar-refractivity contribution in [1.29, 1.82) is 0 Å². The van der Waals surface area contributed by atoms with Crippen LogP contribution in [0.2, 0.25) is 0 Å². The number of carbonyl (C=O) groups is 2. The molecular formula is C10H19NO2. The first-order valence-corrected chi connectivity index (χ1v) is 4.84. The smallest absolute Gasteiger partial charge is 0.137 e. The van der Waals surface area contributed by atoms with E-state index in [1.54, 1.807) is 6.92 Å². The van der Waals surface area contributed by atoms with E-state index >= 15 is 0 Å². The third kappa shape index (κ3) is 4.78. The van der Waals surface area contributed by atoms with E-state index in [4.69, 9.17) is 0 Å². The summed E-state index contributed by atoms with van der Waals surface area (Å²) in [4.78, 5) is 23.5. The summed E-state index contributed by atoms with van der Waals surface area (Å²) in [5, 5.41) is 0. The van der Waals surface area contributed by atoms with E-state index in [9.17, 15) is 9.59 Å². The van der Waals surface area contributed by atoms with E-state index in [0.29, 0.717) is 12.8 Å². The van der Waals surface area contributed by atoms with Gasteiger partial charge in [0.15, 0.2) is 0 Å². The van der Waals surface area contributed by atoms with Gasteiger partial charge in [0.1, 0.15) is 12.1 Å². The molecular weight excluding hydrogens is 166 g/mol. The molecule has 0 heterocycles. The molecule has 0 aromatic carbocycles. The van der Waals surface area contributed by atoms with Crippen molar-refractivity contribution in [2.45, 2.75) is 39.7 Å². The van der Waals surface area contributed by atoms with Crippen LogP contribution in [0.15, 0.2) is 0 Å². The lowest BCUT2D eigenvalue weighted by atomic mass is 10.1. The third-order valence-corrected chi connectivity index (χ3v) is 2.23. The normalized spacial score (nSPS) is 12.9. The molecule has 0 N–H and O–H groups in total. The Bertz CT molecular complexity index is 164.